The van der Waals surface area contributed by atoms with E-state index in [-0.39, 0.29) is 23.0 Å². The Labute approximate surface area is 121 Å². The Balaban J connectivity index is 2.24. The molecule has 7 nitrogen and oxygen atoms in total. The zero-order valence-corrected chi connectivity index (χ0v) is 12.3. The van der Waals surface area contributed by atoms with Gasteiger partial charge in [0.2, 0.25) is 10.0 Å². The third-order valence-corrected chi connectivity index (χ3v) is 4.77. The number of benzene rings is 1. The number of nitrogens with two attached hydrogens (primary N) is 1. The summed E-state index contributed by atoms with van der Waals surface area (Å²) in [6.45, 7) is -0.00608. The minimum atomic E-state index is -3.79. The molecule has 114 valence electrons. The summed E-state index contributed by atoms with van der Waals surface area (Å²) in [6, 6.07) is 4.26. The lowest BCUT2D eigenvalue weighted by molar-refractivity contribution is 0.385. The molecule has 1 heterocycles. The summed E-state index contributed by atoms with van der Waals surface area (Å²) < 4.78 is 44.1. The average molecular weight is 314 g/mol. The number of nitrogen functional groups attached to an aromatic ring is 1. The normalized spacial score (nSPS) is 11.8. The quantitative estimate of drug-likeness (QED) is 0.856. The number of sulfonamides is 1. The molecular formula is C12H15FN4O3S. The number of rotatable bonds is 5. The van der Waals surface area contributed by atoms with Crippen molar-refractivity contribution in [1.82, 2.24) is 14.5 Å². The van der Waals surface area contributed by atoms with Crippen molar-refractivity contribution >= 4 is 15.8 Å². The Morgan fingerprint density at radius 1 is 1.48 bits per heavy atom. The van der Waals surface area contributed by atoms with Crippen LogP contribution in [0.1, 0.15) is 5.56 Å². The van der Waals surface area contributed by atoms with E-state index in [0.29, 0.717) is 5.56 Å². The zero-order valence-electron chi connectivity index (χ0n) is 11.5. The van der Waals surface area contributed by atoms with E-state index >= 15 is 0 Å². The number of nitrogens with zero attached hydrogens (tertiary/aromatic N) is 2. The van der Waals surface area contributed by atoms with Crippen molar-refractivity contribution in [1.29, 1.82) is 0 Å². The maximum atomic E-state index is 13.6. The first-order valence-electron chi connectivity index (χ1n) is 5.94. The molecule has 0 amide bonds. The van der Waals surface area contributed by atoms with E-state index in [0.717, 1.165) is 10.5 Å². The van der Waals surface area contributed by atoms with Gasteiger partial charge in [-0.25, -0.2) is 12.8 Å². The Hall–Kier alpha value is -2.13. The summed E-state index contributed by atoms with van der Waals surface area (Å²) in [5.74, 6) is -0.491. The van der Waals surface area contributed by atoms with Gasteiger partial charge in [-0.05, 0) is 17.7 Å². The van der Waals surface area contributed by atoms with Crippen LogP contribution >= 0.6 is 0 Å². The van der Waals surface area contributed by atoms with Gasteiger partial charge in [-0.1, -0.05) is 6.07 Å². The summed E-state index contributed by atoms with van der Waals surface area (Å²) in [4.78, 5) is -0.112. The van der Waals surface area contributed by atoms with Crippen LogP contribution in [0.15, 0.2) is 29.3 Å². The molecule has 0 unspecified atom stereocenters. The van der Waals surface area contributed by atoms with Crippen LogP contribution in [0.25, 0.3) is 0 Å². The fraction of sp³-hybridized carbons (Fsp3) is 0.250. The molecule has 0 spiro atoms. The SMILES string of the molecule is COc1ccc(CN(C)S(=O)(=O)c2cn[nH]c2N)cc1F. The molecule has 0 aliphatic carbocycles. The van der Waals surface area contributed by atoms with Crippen molar-refractivity contribution < 1.29 is 17.5 Å². The predicted octanol–water partition coefficient (Wildman–Crippen LogP) is 0.960. The first-order valence-corrected chi connectivity index (χ1v) is 7.38. The van der Waals surface area contributed by atoms with Gasteiger partial charge in [0.05, 0.1) is 13.3 Å². The smallest absolute Gasteiger partial charge is 0.248 e. The van der Waals surface area contributed by atoms with E-state index in [4.69, 9.17) is 10.5 Å². The summed E-state index contributed by atoms with van der Waals surface area (Å²) in [5.41, 5.74) is 6.01. The molecule has 2 aromatic rings. The Bertz CT molecular complexity index is 745. The van der Waals surface area contributed by atoms with Gasteiger partial charge in [0.1, 0.15) is 10.7 Å². The summed E-state index contributed by atoms with van der Waals surface area (Å²) >= 11 is 0. The highest BCUT2D eigenvalue weighted by molar-refractivity contribution is 7.89. The molecule has 0 bridgehead atoms. The van der Waals surface area contributed by atoms with Crippen LogP contribution in [-0.4, -0.2) is 37.1 Å². The van der Waals surface area contributed by atoms with Crippen LogP contribution in [-0.2, 0) is 16.6 Å². The van der Waals surface area contributed by atoms with E-state index in [9.17, 15) is 12.8 Å². The minimum Gasteiger partial charge on any atom is -0.494 e. The van der Waals surface area contributed by atoms with Gasteiger partial charge in [0.15, 0.2) is 11.6 Å². The van der Waals surface area contributed by atoms with Gasteiger partial charge in [0.25, 0.3) is 0 Å². The van der Waals surface area contributed by atoms with Gasteiger partial charge < -0.3 is 10.5 Å². The van der Waals surface area contributed by atoms with Crippen molar-refractivity contribution in [3.63, 3.8) is 0 Å². The number of ether oxygens (including phenoxy) is 1. The van der Waals surface area contributed by atoms with E-state index in [1.165, 1.54) is 26.3 Å². The number of hydrogen-bond donors (Lipinski definition) is 2. The van der Waals surface area contributed by atoms with E-state index in [2.05, 4.69) is 10.2 Å². The van der Waals surface area contributed by atoms with Crippen LogP contribution in [0.4, 0.5) is 10.2 Å². The van der Waals surface area contributed by atoms with Crippen molar-refractivity contribution in [2.24, 2.45) is 0 Å². The predicted molar refractivity (Wildman–Crippen MR) is 74.6 cm³/mol. The molecule has 0 fully saturated rings. The molecule has 1 aromatic heterocycles. The van der Waals surface area contributed by atoms with Crippen LogP contribution in [0.2, 0.25) is 0 Å². The third kappa shape index (κ3) is 2.98. The van der Waals surface area contributed by atoms with E-state index in [1.807, 2.05) is 0 Å². The lowest BCUT2D eigenvalue weighted by atomic mass is 10.2. The Morgan fingerprint density at radius 2 is 2.19 bits per heavy atom. The topological polar surface area (TPSA) is 101 Å². The summed E-state index contributed by atoms with van der Waals surface area (Å²) in [5, 5.41) is 5.94. The highest BCUT2D eigenvalue weighted by Crippen LogP contribution is 2.22. The lowest BCUT2D eigenvalue weighted by Gasteiger charge is -2.17. The lowest BCUT2D eigenvalue weighted by Crippen LogP contribution is -2.26. The van der Waals surface area contributed by atoms with Gasteiger partial charge in [-0.15, -0.1) is 0 Å². The maximum Gasteiger partial charge on any atom is 0.248 e. The molecule has 0 aliphatic rings. The minimum absolute atomic E-state index is 0.00608. The molecular weight excluding hydrogens is 299 g/mol. The fourth-order valence-corrected chi connectivity index (χ4v) is 2.97. The van der Waals surface area contributed by atoms with Gasteiger partial charge in [-0.3, -0.25) is 5.10 Å². The Morgan fingerprint density at radius 3 is 2.71 bits per heavy atom. The molecule has 0 saturated heterocycles. The van der Waals surface area contributed by atoms with Crippen molar-refractivity contribution in [3.05, 3.63) is 35.8 Å². The second kappa shape index (κ2) is 5.70. The van der Waals surface area contributed by atoms with Crippen LogP contribution < -0.4 is 10.5 Å². The van der Waals surface area contributed by atoms with Crippen LogP contribution in [0, 0.1) is 5.82 Å². The number of H-pyrrole nitrogens is 1. The molecule has 0 aliphatic heterocycles. The number of nitrogens with one attached hydrogen (secondary N) is 1. The number of aromatic nitrogens is 2. The fourth-order valence-electron chi connectivity index (χ4n) is 1.81. The maximum absolute atomic E-state index is 13.6. The van der Waals surface area contributed by atoms with Gasteiger partial charge in [-0.2, -0.15) is 9.40 Å². The molecule has 0 saturated carbocycles. The number of aromatic amines is 1. The first-order chi connectivity index (χ1) is 9.86. The summed E-state index contributed by atoms with van der Waals surface area (Å²) in [6.07, 6.45) is 1.13. The molecule has 2 rings (SSSR count). The standard InChI is InChI=1S/C12H15FN4O3S/c1-17(21(18,19)11-6-15-16-12(11)14)7-8-3-4-10(20-2)9(13)5-8/h3-6H,7H2,1-2H3,(H3,14,15,16). The largest absolute Gasteiger partial charge is 0.494 e. The molecule has 0 radical (unpaired) electrons. The van der Waals surface area contributed by atoms with Gasteiger partial charge in [0, 0.05) is 13.6 Å². The van der Waals surface area contributed by atoms with Crippen molar-refractivity contribution in [3.8, 4) is 5.75 Å². The first kappa shape index (κ1) is 15.3. The van der Waals surface area contributed by atoms with Crippen molar-refractivity contribution in [2.75, 3.05) is 19.9 Å². The molecule has 0 atom stereocenters. The average Bonchev–Trinajstić information content (AvgIpc) is 2.86. The molecule has 1 aromatic carbocycles. The summed E-state index contributed by atoms with van der Waals surface area (Å²) in [7, 11) is -1.06. The number of methoxy groups -OCH3 is 1. The second-order valence-corrected chi connectivity index (χ2v) is 6.39. The second-order valence-electron chi connectivity index (χ2n) is 4.38. The molecule has 3 N–H and O–H groups in total. The highest BCUT2D eigenvalue weighted by Gasteiger charge is 2.25. The number of halogens is 1. The molecule has 21 heavy (non-hydrogen) atoms. The van der Waals surface area contributed by atoms with Gasteiger partial charge >= 0.3 is 0 Å². The molecule has 9 heteroatoms. The van der Waals surface area contributed by atoms with Crippen LogP contribution in [0.3, 0.4) is 0 Å². The van der Waals surface area contributed by atoms with E-state index < -0.39 is 15.8 Å². The van der Waals surface area contributed by atoms with Crippen molar-refractivity contribution in [2.45, 2.75) is 11.4 Å². The Kier molecular flexibility index (Phi) is 4.14. The van der Waals surface area contributed by atoms with E-state index in [1.54, 1.807) is 6.07 Å². The highest BCUT2D eigenvalue weighted by atomic mass is 32.2. The third-order valence-electron chi connectivity index (χ3n) is 2.94. The monoisotopic (exact) mass is 314 g/mol. The number of anilines is 1. The van der Waals surface area contributed by atoms with Crippen LogP contribution in [0.5, 0.6) is 5.75 Å². The number of hydrogen-bond acceptors (Lipinski definition) is 5. The zero-order chi connectivity index (χ0) is 15.6.